The van der Waals surface area contributed by atoms with Crippen molar-refractivity contribution in [2.75, 3.05) is 6.54 Å². The number of pyridine rings is 1. The van der Waals surface area contributed by atoms with Gasteiger partial charge in [0.1, 0.15) is 0 Å². The molecular weight excluding hydrogens is 316 g/mol. The van der Waals surface area contributed by atoms with E-state index < -0.39 is 0 Å². The fourth-order valence-electron chi connectivity index (χ4n) is 2.26. The highest BCUT2D eigenvalue weighted by Crippen LogP contribution is 2.22. The number of nitrogens with two attached hydrogens (primary N) is 1. The highest BCUT2D eigenvalue weighted by atomic mass is 79.9. The zero-order valence-electron chi connectivity index (χ0n) is 11.9. The van der Waals surface area contributed by atoms with Crippen molar-refractivity contribution in [1.29, 1.82) is 0 Å². The molecule has 2 aromatic heterocycles. The van der Waals surface area contributed by atoms with Crippen LogP contribution in [0.4, 0.5) is 0 Å². The second-order valence-corrected chi connectivity index (χ2v) is 5.47. The molecule has 0 aromatic carbocycles. The molecule has 106 valence electrons. The van der Waals surface area contributed by atoms with Gasteiger partial charge < -0.3 is 5.73 Å². The Labute approximate surface area is 128 Å². The van der Waals surface area contributed by atoms with Crippen LogP contribution in [0, 0.1) is 0 Å². The lowest BCUT2D eigenvalue weighted by Gasteiger charge is -2.13. The number of hydrogen-bond acceptors (Lipinski definition) is 4. The van der Waals surface area contributed by atoms with Crippen LogP contribution in [0.25, 0.3) is 11.4 Å². The van der Waals surface area contributed by atoms with Crippen LogP contribution in [0.15, 0.2) is 22.9 Å². The standard InChI is InChI=1S/C15H19BrN4/c1-3-13-12(5-6-17)14(4-2)20-15(19-13)10-7-11(16)9-18-8-10/h7-9H,3-6,17H2,1-2H3. The van der Waals surface area contributed by atoms with Gasteiger partial charge in [0, 0.05) is 33.8 Å². The number of aryl methyl sites for hydroxylation is 2. The summed E-state index contributed by atoms with van der Waals surface area (Å²) < 4.78 is 0.931. The number of aromatic nitrogens is 3. The predicted octanol–water partition coefficient (Wildman–Crippen LogP) is 2.93. The van der Waals surface area contributed by atoms with Crippen LogP contribution in [0.3, 0.4) is 0 Å². The minimum absolute atomic E-state index is 0.626. The van der Waals surface area contributed by atoms with Crippen molar-refractivity contribution in [1.82, 2.24) is 15.0 Å². The average molecular weight is 335 g/mol. The molecule has 0 bridgehead atoms. The molecule has 0 amide bonds. The van der Waals surface area contributed by atoms with Crippen molar-refractivity contribution in [2.45, 2.75) is 33.1 Å². The van der Waals surface area contributed by atoms with Crippen LogP contribution in [0.2, 0.25) is 0 Å². The van der Waals surface area contributed by atoms with E-state index in [1.54, 1.807) is 12.4 Å². The fourth-order valence-corrected chi connectivity index (χ4v) is 2.63. The van der Waals surface area contributed by atoms with E-state index in [1.807, 2.05) is 6.07 Å². The lowest BCUT2D eigenvalue weighted by Crippen LogP contribution is -2.12. The smallest absolute Gasteiger partial charge is 0.161 e. The molecule has 0 saturated heterocycles. The second kappa shape index (κ2) is 6.90. The summed E-state index contributed by atoms with van der Waals surface area (Å²) in [6.07, 6.45) is 6.16. The summed E-state index contributed by atoms with van der Waals surface area (Å²) in [5, 5.41) is 0. The van der Waals surface area contributed by atoms with Crippen molar-refractivity contribution >= 4 is 15.9 Å². The summed E-state index contributed by atoms with van der Waals surface area (Å²) in [6, 6.07) is 1.99. The quantitative estimate of drug-likeness (QED) is 0.912. The first-order chi connectivity index (χ1) is 9.69. The van der Waals surface area contributed by atoms with Gasteiger partial charge in [-0.3, -0.25) is 4.98 Å². The average Bonchev–Trinajstić information content (AvgIpc) is 2.47. The molecule has 0 aliphatic carbocycles. The summed E-state index contributed by atoms with van der Waals surface area (Å²) in [5.41, 5.74) is 10.0. The molecule has 0 aliphatic rings. The van der Waals surface area contributed by atoms with Gasteiger partial charge >= 0.3 is 0 Å². The number of halogens is 1. The van der Waals surface area contributed by atoms with Gasteiger partial charge in [-0.05, 0) is 53.4 Å². The van der Waals surface area contributed by atoms with E-state index in [9.17, 15) is 0 Å². The molecule has 5 heteroatoms. The first-order valence-electron chi connectivity index (χ1n) is 6.89. The highest BCUT2D eigenvalue weighted by Gasteiger charge is 2.13. The highest BCUT2D eigenvalue weighted by molar-refractivity contribution is 9.10. The third-order valence-corrected chi connectivity index (χ3v) is 3.64. The van der Waals surface area contributed by atoms with Crippen molar-refractivity contribution in [3.63, 3.8) is 0 Å². The second-order valence-electron chi connectivity index (χ2n) is 4.56. The van der Waals surface area contributed by atoms with Crippen molar-refractivity contribution < 1.29 is 0 Å². The number of nitrogens with zero attached hydrogens (tertiary/aromatic N) is 3. The van der Waals surface area contributed by atoms with Crippen molar-refractivity contribution in [3.8, 4) is 11.4 Å². The lowest BCUT2D eigenvalue weighted by molar-refractivity contribution is 0.844. The van der Waals surface area contributed by atoms with E-state index in [-0.39, 0.29) is 0 Å². The maximum absolute atomic E-state index is 5.71. The summed E-state index contributed by atoms with van der Waals surface area (Å²) in [6.45, 7) is 4.86. The predicted molar refractivity (Wildman–Crippen MR) is 84.5 cm³/mol. The maximum Gasteiger partial charge on any atom is 0.161 e. The normalized spacial score (nSPS) is 10.8. The summed E-state index contributed by atoms with van der Waals surface area (Å²) in [5.74, 6) is 0.744. The first-order valence-corrected chi connectivity index (χ1v) is 7.68. The summed E-state index contributed by atoms with van der Waals surface area (Å²) in [4.78, 5) is 13.6. The van der Waals surface area contributed by atoms with Crippen LogP contribution in [0.5, 0.6) is 0 Å². The molecule has 0 radical (unpaired) electrons. The van der Waals surface area contributed by atoms with Gasteiger partial charge in [0.15, 0.2) is 5.82 Å². The largest absolute Gasteiger partial charge is 0.330 e. The first kappa shape index (κ1) is 15.1. The Hall–Kier alpha value is -1.33. The van der Waals surface area contributed by atoms with Gasteiger partial charge in [-0.15, -0.1) is 0 Å². The van der Waals surface area contributed by atoms with Crippen LogP contribution in [-0.4, -0.2) is 21.5 Å². The van der Waals surface area contributed by atoms with E-state index in [2.05, 4.69) is 34.8 Å². The Morgan fingerprint density at radius 3 is 2.25 bits per heavy atom. The molecule has 2 rings (SSSR count). The topological polar surface area (TPSA) is 64.7 Å². The Kier molecular flexibility index (Phi) is 5.20. The van der Waals surface area contributed by atoms with E-state index in [4.69, 9.17) is 15.7 Å². The monoisotopic (exact) mass is 334 g/mol. The minimum atomic E-state index is 0.626. The van der Waals surface area contributed by atoms with Gasteiger partial charge in [0.2, 0.25) is 0 Å². The molecular formula is C15H19BrN4. The lowest BCUT2D eigenvalue weighted by atomic mass is 10.0. The zero-order valence-corrected chi connectivity index (χ0v) is 13.4. The van der Waals surface area contributed by atoms with Crippen LogP contribution in [0.1, 0.15) is 30.8 Å². The van der Waals surface area contributed by atoms with E-state index in [0.717, 1.165) is 46.5 Å². The summed E-state index contributed by atoms with van der Waals surface area (Å²) in [7, 11) is 0. The Balaban J connectivity index is 2.55. The maximum atomic E-state index is 5.71. The zero-order chi connectivity index (χ0) is 14.5. The Morgan fingerprint density at radius 2 is 1.75 bits per heavy atom. The molecule has 2 N–H and O–H groups in total. The fraction of sp³-hybridized carbons (Fsp3) is 0.400. The molecule has 0 spiro atoms. The van der Waals surface area contributed by atoms with Gasteiger partial charge in [-0.1, -0.05) is 13.8 Å². The van der Waals surface area contributed by atoms with Gasteiger partial charge in [0.25, 0.3) is 0 Å². The van der Waals surface area contributed by atoms with Crippen LogP contribution in [-0.2, 0) is 19.3 Å². The minimum Gasteiger partial charge on any atom is -0.330 e. The van der Waals surface area contributed by atoms with E-state index in [0.29, 0.717) is 6.54 Å². The van der Waals surface area contributed by atoms with E-state index in [1.165, 1.54) is 5.56 Å². The number of rotatable bonds is 5. The van der Waals surface area contributed by atoms with E-state index >= 15 is 0 Å². The van der Waals surface area contributed by atoms with Crippen LogP contribution < -0.4 is 5.73 Å². The molecule has 0 saturated carbocycles. The molecule has 0 unspecified atom stereocenters. The van der Waals surface area contributed by atoms with Crippen molar-refractivity contribution in [3.05, 3.63) is 39.9 Å². The Bertz CT molecular complexity index is 573. The number of hydrogen-bond donors (Lipinski definition) is 1. The third-order valence-electron chi connectivity index (χ3n) is 3.21. The van der Waals surface area contributed by atoms with Crippen molar-refractivity contribution in [2.24, 2.45) is 5.73 Å². The molecule has 0 atom stereocenters. The van der Waals surface area contributed by atoms with Gasteiger partial charge in [-0.2, -0.15) is 0 Å². The van der Waals surface area contributed by atoms with Gasteiger partial charge in [-0.25, -0.2) is 9.97 Å². The molecule has 4 nitrogen and oxygen atoms in total. The SMILES string of the molecule is CCc1nc(-c2cncc(Br)c2)nc(CC)c1CCN. The third kappa shape index (κ3) is 3.22. The molecule has 0 fully saturated rings. The molecule has 0 aliphatic heterocycles. The molecule has 2 heterocycles. The van der Waals surface area contributed by atoms with Crippen LogP contribution >= 0.6 is 15.9 Å². The van der Waals surface area contributed by atoms with Gasteiger partial charge in [0.05, 0.1) is 0 Å². The molecule has 2 aromatic rings. The Morgan fingerprint density at radius 1 is 1.10 bits per heavy atom. The summed E-state index contributed by atoms with van der Waals surface area (Å²) >= 11 is 3.44. The molecule has 20 heavy (non-hydrogen) atoms.